The number of aromatic nitrogens is 1. The highest BCUT2D eigenvalue weighted by molar-refractivity contribution is 5.97. The molecule has 0 bridgehead atoms. The SMILES string of the molecule is C=CC1(O)CCC(CNC(=O)c2cc3ccccc3[nH]2)C1. The highest BCUT2D eigenvalue weighted by atomic mass is 16.3. The second kappa shape index (κ2) is 5.37. The van der Waals surface area contributed by atoms with E-state index in [1.54, 1.807) is 6.08 Å². The van der Waals surface area contributed by atoms with Crippen LogP contribution in [-0.4, -0.2) is 28.1 Å². The Kier molecular flexibility index (Phi) is 3.55. The monoisotopic (exact) mass is 284 g/mol. The summed E-state index contributed by atoms with van der Waals surface area (Å²) in [7, 11) is 0. The number of para-hydroxylation sites is 1. The Morgan fingerprint density at radius 1 is 1.52 bits per heavy atom. The van der Waals surface area contributed by atoms with E-state index in [9.17, 15) is 9.90 Å². The van der Waals surface area contributed by atoms with Crippen molar-refractivity contribution in [1.82, 2.24) is 10.3 Å². The number of rotatable bonds is 4. The fourth-order valence-electron chi connectivity index (χ4n) is 3.05. The largest absolute Gasteiger partial charge is 0.386 e. The van der Waals surface area contributed by atoms with Crippen LogP contribution in [-0.2, 0) is 0 Å². The Labute approximate surface area is 123 Å². The molecular formula is C17H20N2O2. The van der Waals surface area contributed by atoms with E-state index in [4.69, 9.17) is 0 Å². The van der Waals surface area contributed by atoms with Crippen LogP contribution in [0.1, 0.15) is 29.8 Å². The zero-order chi connectivity index (χ0) is 14.9. The van der Waals surface area contributed by atoms with Crippen LogP contribution in [0.25, 0.3) is 10.9 Å². The van der Waals surface area contributed by atoms with Gasteiger partial charge in [-0.05, 0) is 37.3 Å². The highest BCUT2D eigenvalue weighted by Gasteiger charge is 2.34. The number of hydrogen-bond donors (Lipinski definition) is 3. The van der Waals surface area contributed by atoms with Crippen LogP contribution in [0.4, 0.5) is 0 Å². The summed E-state index contributed by atoms with van der Waals surface area (Å²) in [5, 5.41) is 14.1. The fraction of sp³-hybridized carbons (Fsp3) is 0.353. The van der Waals surface area contributed by atoms with E-state index in [1.165, 1.54) is 0 Å². The number of nitrogens with one attached hydrogen (secondary N) is 2. The van der Waals surface area contributed by atoms with Crippen molar-refractivity contribution >= 4 is 16.8 Å². The molecule has 110 valence electrons. The molecule has 3 rings (SSSR count). The van der Waals surface area contributed by atoms with E-state index in [-0.39, 0.29) is 5.91 Å². The van der Waals surface area contributed by atoms with Gasteiger partial charge >= 0.3 is 0 Å². The summed E-state index contributed by atoms with van der Waals surface area (Å²) in [4.78, 5) is 15.3. The molecule has 1 aliphatic rings. The second-order valence-corrected chi connectivity index (χ2v) is 5.90. The molecule has 0 aliphatic heterocycles. The number of benzene rings is 1. The summed E-state index contributed by atoms with van der Waals surface area (Å²) in [6, 6.07) is 9.68. The lowest BCUT2D eigenvalue weighted by atomic mass is 10.0. The Morgan fingerprint density at radius 2 is 2.33 bits per heavy atom. The third kappa shape index (κ3) is 2.85. The van der Waals surface area contributed by atoms with Crippen molar-refractivity contribution < 1.29 is 9.90 Å². The Morgan fingerprint density at radius 3 is 3.05 bits per heavy atom. The van der Waals surface area contributed by atoms with Gasteiger partial charge in [-0.3, -0.25) is 4.79 Å². The molecule has 0 radical (unpaired) electrons. The Bertz CT molecular complexity index is 643. The molecule has 0 spiro atoms. The van der Waals surface area contributed by atoms with E-state index in [0.29, 0.717) is 24.6 Å². The molecule has 4 heteroatoms. The number of fused-ring (bicyclic) bond motifs is 1. The van der Waals surface area contributed by atoms with Gasteiger partial charge in [-0.25, -0.2) is 0 Å². The van der Waals surface area contributed by atoms with E-state index < -0.39 is 5.60 Å². The first-order valence-corrected chi connectivity index (χ1v) is 7.31. The van der Waals surface area contributed by atoms with Crippen LogP contribution >= 0.6 is 0 Å². The first-order valence-electron chi connectivity index (χ1n) is 7.31. The lowest BCUT2D eigenvalue weighted by Gasteiger charge is -2.17. The number of carbonyl (C=O) groups is 1. The molecule has 1 aromatic carbocycles. The minimum atomic E-state index is -0.753. The average molecular weight is 284 g/mol. The van der Waals surface area contributed by atoms with Crippen molar-refractivity contribution in [2.24, 2.45) is 5.92 Å². The molecule has 4 nitrogen and oxygen atoms in total. The van der Waals surface area contributed by atoms with Gasteiger partial charge in [0, 0.05) is 17.4 Å². The van der Waals surface area contributed by atoms with Gasteiger partial charge in [0.05, 0.1) is 5.60 Å². The van der Waals surface area contributed by atoms with E-state index in [2.05, 4.69) is 16.9 Å². The van der Waals surface area contributed by atoms with Crippen molar-refractivity contribution in [3.63, 3.8) is 0 Å². The minimum absolute atomic E-state index is 0.0970. The van der Waals surface area contributed by atoms with Gasteiger partial charge in [-0.2, -0.15) is 0 Å². The van der Waals surface area contributed by atoms with Gasteiger partial charge in [0.15, 0.2) is 0 Å². The summed E-state index contributed by atoms with van der Waals surface area (Å²) in [6.45, 7) is 4.26. The third-order valence-electron chi connectivity index (χ3n) is 4.33. The molecule has 1 aromatic heterocycles. The number of carbonyl (C=O) groups excluding carboxylic acids is 1. The molecule has 2 unspecified atom stereocenters. The lowest BCUT2D eigenvalue weighted by Crippen LogP contribution is -2.30. The number of H-pyrrole nitrogens is 1. The standard InChI is InChI=1S/C17H20N2O2/c1-2-17(21)8-7-12(10-17)11-18-16(20)15-9-13-5-3-4-6-14(13)19-15/h2-6,9,12,19,21H,1,7-8,10-11H2,(H,18,20). The van der Waals surface area contributed by atoms with Gasteiger partial charge in [-0.1, -0.05) is 24.3 Å². The smallest absolute Gasteiger partial charge is 0.267 e. The maximum absolute atomic E-state index is 12.2. The van der Waals surface area contributed by atoms with Crippen molar-refractivity contribution in [2.75, 3.05) is 6.54 Å². The lowest BCUT2D eigenvalue weighted by molar-refractivity contribution is 0.0897. The molecule has 1 fully saturated rings. The van der Waals surface area contributed by atoms with Crippen LogP contribution in [0.5, 0.6) is 0 Å². The molecule has 1 aliphatic carbocycles. The minimum Gasteiger partial charge on any atom is -0.386 e. The normalized spacial score (nSPS) is 25.1. The summed E-state index contributed by atoms with van der Waals surface area (Å²) in [5.74, 6) is 0.210. The summed E-state index contributed by atoms with van der Waals surface area (Å²) < 4.78 is 0. The van der Waals surface area contributed by atoms with Crippen molar-refractivity contribution in [3.8, 4) is 0 Å². The first-order chi connectivity index (χ1) is 10.1. The fourth-order valence-corrected chi connectivity index (χ4v) is 3.05. The van der Waals surface area contributed by atoms with Crippen LogP contribution in [0.3, 0.4) is 0 Å². The average Bonchev–Trinajstić information content (AvgIpc) is 3.09. The molecule has 1 heterocycles. The van der Waals surface area contributed by atoms with E-state index in [1.807, 2.05) is 30.3 Å². The van der Waals surface area contributed by atoms with Crippen LogP contribution < -0.4 is 5.32 Å². The highest BCUT2D eigenvalue weighted by Crippen LogP contribution is 2.34. The van der Waals surface area contributed by atoms with Gasteiger partial charge < -0.3 is 15.4 Å². The topological polar surface area (TPSA) is 65.1 Å². The van der Waals surface area contributed by atoms with Crippen LogP contribution in [0.15, 0.2) is 43.0 Å². The zero-order valence-electron chi connectivity index (χ0n) is 11.9. The van der Waals surface area contributed by atoms with Gasteiger partial charge in [0.2, 0.25) is 0 Å². The Balaban J connectivity index is 1.61. The quantitative estimate of drug-likeness (QED) is 0.756. The summed E-state index contributed by atoms with van der Waals surface area (Å²) in [6.07, 6.45) is 3.93. The van der Waals surface area contributed by atoms with Gasteiger partial charge in [0.25, 0.3) is 5.91 Å². The number of aromatic amines is 1. The first kappa shape index (κ1) is 13.9. The predicted octanol–water partition coefficient (Wildman–Crippen LogP) is 2.61. The second-order valence-electron chi connectivity index (χ2n) is 5.90. The molecule has 0 saturated heterocycles. The zero-order valence-corrected chi connectivity index (χ0v) is 11.9. The van der Waals surface area contributed by atoms with Gasteiger partial charge in [-0.15, -0.1) is 6.58 Å². The summed E-state index contributed by atoms with van der Waals surface area (Å²) in [5.41, 5.74) is 0.786. The van der Waals surface area contributed by atoms with Gasteiger partial charge in [0.1, 0.15) is 5.69 Å². The summed E-state index contributed by atoms with van der Waals surface area (Å²) >= 11 is 0. The molecular weight excluding hydrogens is 264 g/mol. The predicted molar refractivity (Wildman–Crippen MR) is 83.1 cm³/mol. The molecule has 21 heavy (non-hydrogen) atoms. The van der Waals surface area contributed by atoms with Crippen molar-refractivity contribution in [1.29, 1.82) is 0 Å². The third-order valence-corrected chi connectivity index (χ3v) is 4.33. The van der Waals surface area contributed by atoms with E-state index >= 15 is 0 Å². The number of aliphatic hydroxyl groups is 1. The molecule has 3 N–H and O–H groups in total. The molecule has 2 atom stereocenters. The molecule has 1 saturated carbocycles. The van der Waals surface area contributed by atoms with Crippen LogP contribution in [0, 0.1) is 5.92 Å². The number of hydrogen-bond acceptors (Lipinski definition) is 2. The maximum atomic E-state index is 12.2. The maximum Gasteiger partial charge on any atom is 0.267 e. The molecule has 2 aromatic rings. The number of amides is 1. The van der Waals surface area contributed by atoms with E-state index in [0.717, 1.165) is 23.7 Å². The molecule has 1 amide bonds. The Hall–Kier alpha value is -2.07. The van der Waals surface area contributed by atoms with Crippen molar-refractivity contribution in [3.05, 3.63) is 48.7 Å². The van der Waals surface area contributed by atoms with Crippen molar-refractivity contribution in [2.45, 2.75) is 24.9 Å². The van der Waals surface area contributed by atoms with Crippen LogP contribution in [0.2, 0.25) is 0 Å².